The maximum atomic E-state index is 12.8. The third-order valence-electron chi connectivity index (χ3n) is 1.79. The van der Waals surface area contributed by atoms with Gasteiger partial charge in [0.25, 0.3) is 0 Å². The van der Waals surface area contributed by atoms with Gasteiger partial charge in [0.15, 0.2) is 0 Å². The summed E-state index contributed by atoms with van der Waals surface area (Å²) in [5.41, 5.74) is 5.35. The van der Waals surface area contributed by atoms with Gasteiger partial charge in [0.1, 0.15) is 11.9 Å². The van der Waals surface area contributed by atoms with Crippen molar-refractivity contribution in [1.82, 2.24) is 0 Å². The molecule has 1 aromatic rings. The van der Waals surface area contributed by atoms with Gasteiger partial charge in [0.05, 0.1) is 15.7 Å². The van der Waals surface area contributed by atoms with Crippen LogP contribution < -0.4 is 11.1 Å². The van der Waals surface area contributed by atoms with Crippen LogP contribution in [0, 0.1) is 5.82 Å². The Balaban J connectivity index is 3.00. The van der Waals surface area contributed by atoms with E-state index in [1.54, 1.807) is 6.92 Å². The molecule has 0 heterocycles. The molecule has 0 fully saturated rings. The van der Waals surface area contributed by atoms with E-state index in [1.807, 2.05) is 0 Å². The van der Waals surface area contributed by atoms with Crippen LogP contribution in [0.25, 0.3) is 0 Å². The number of halogens is 3. The van der Waals surface area contributed by atoms with Crippen LogP contribution in [-0.4, -0.2) is 11.9 Å². The lowest BCUT2D eigenvalue weighted by molar-refractivity contribution is -0.118. The van der Waals surface area contributed by atoms with Gasteiger partial charge in [-0.2, -0.15) is 0 Å². The van der Waals surface area contributed by atoms with Crippen molar-refractivity contribution < 1.29 is 9.18 Å². The van der Waals surface area contributed by atoms with Crippen molar-refractivity contribution in [3.8, 4) is 0 Å². The zero-order valence-electron chi connectivity index (χ0n) is 7.85. The van der Waals surface area contributed by atoms with Gasteiger partial charge >= 0.3 is 0 Å². The number of primary amides is 1. The largest absolute Gasteiger partial charge is 0.371 e. The van der Waals surface area contributed by atoms with E-state index >= 15 is 0 Å². The molecule has 0 aliphatic heterocycles. The summed E-state index contributed by atoms with van der Waals surface area (Å²) in [7, 11) is 0. The maximum Gasteiger partial charge on any atom is 0.239 e. The SMILES string of the molecule is CC(Nc1c(Cl)cc(F)cc1Cl)C(N)=O. The molecule has 0 bridgehead atoms. The van der Waals surface area contributed by atoms with E-state index in [2.05, 4.69) is 5.32 Å². The first-order chi connectivity index (χ1) is 6.91. The Bertz CT molecular complexity index is 375. The molecule has 3 N–H and O–H groups in total. The number of rotatable bonds is 3. The molecule has 0 spiro atoms. The Morgan fingerprint density at radius 3 is 2.33 bits per heavy atom. The molecule has 1 atom stereocenters. The Morgan fingerprint density at radius 1 is 1.47 bits per heavy atom. The minimum absolute atomic E-state index is 0.105. The molecule has 82 valence electrons. The fraction of sp³-hybridized carbons (Fsp3) is 0.222. The van der Waals surface area contributed by atoms with Gasteiger partial charge in [0, 0.05) is 0 Å². The van der Waals surface area contributed by atoms with E-state index in [9.17, 15) is 9.18 Å². The molecule has 3 nitrogen and oxygen atoms in total. The number of nitrogens with one attached hydrogen (secondary N) is 1. The predicted molar refractivity (Wildman–Crippen MR) is 58.7 cm³/mol. The zero-order valence-corrected chi connectivity index (χ0v) is 9.36. The Labute approximate surface area is 96.3 Å². The molecule has 0 saturated heterocycles. The highest BCUT2D eigenvalue weighted by Gasteiger charge is 2.14. The molecule has 1 amide bonds. The van der Waals surface area contributed by atoms with Crippen LogP contribution in [0.5, 0.6) is 0 Å². The summed E-state index contributed by atoms with van der Waals surface area (Å²) in [4.78, 5) is 10.8. The smallest absolute Gasteiger partial charge is 0.239 e. The summed E-state index contributed by atoms with van der Waals surface area (Å²) < 4.78 is 12.8. The van der Waals surface area contributed by atoms with Gasteiger partial charge in [-0.3, -0.25) is 4.79 Å². The number of hydrogen-bond acceptors (Lipinski definition) is 2. The van der Waals surface area contributed by atoms with Gasteiger partial charge < -0.3 is 11.1 Å². The molecule has 1 aromatic carbocycles. The third-order valence-corrected chi connectivity index (χ3v) is 2.39. The second-order valence-corrected chi connectivity index (χ2v) is 3.83. The highest BCUT2D eigenvalue weighted by Crippen LogP contribution is 2.31. The van der Waals surface area contributed by atoms with Gasteiger partial charge in [-0.1, -0.05) is 23.2 Å². The van der Waals surface area contributed by atoms with Crippen molar-refractivity contribution in [2.45, 2.75) is 13.0 Å². The lowest BCUT2D eigenvalue weighted by Crippen LogP contribution is -2.32. The fourth-order valence-corrected chi connectivity index (χ4v) is 1.54. The van der Waals surface area contributed by atoms with Gasteiger partial charge in [0.2, 0.25) is 5.91 Å². The second kappa shape index (κ2) is 4.68. The monoisotopic (exact) mass is 250 g/mol. The molecule has 0 aliphatic rings. The highest BCUT2D eigenvalue weighted by molar-refractivity contribution is 6.39. The molecule has 0 radical (unpaired) electrons. The first kappa shape index (κ1) is 12.1. The summed E-state index contributed by atoms with van der Waals surface area (Å²) in [6.07, 6.45) is 0. The number of carbonyl (C=O) groups excluding carboxylic acids is 1. The lowest BCUT2D eigenvalue weighted by atomic mass is 10.2. The van der Waals surface area contributed by atoms with Gasteiger partial charge in [-0.05, 0) is 19.1 Å². The van der Waals surface area contributed by atoms with Crippen LogP contribution in [0.3, 0.4) is 0 Å². The molecule has 0 aliphatic carbocycles. The summed E-state index contributed by atoms with van der Waals surface area (Å²) in [6.45, 7) is 1.55. The predicted octanol–water partition coefficient (Wildman–Crippen LogP) is 2.42. The molecule has 1 rings (SSSR count). The summed E-state index contributed by atoms with van der Waals surface area (Å²) in [5.74, 6) is -1.09. The Kier molecular flexibility index (Phi) is 3.77. The van der Waals surface area contributed by atoms with Crippen LogP contribution in [0.15, 0.2) is 12.1 Å². The average Bonchev–Trinajstić information content (AvgIpc) is 2.10. The first-order valence-electron chi connectivity index (χ1n) is 4.12. The molecular formula is C9H9Cl2FN2O. The van der Waals surface area contributed by atoms with Crippen molar-refractivity contribution in [3.05, 3.63) is 28.0 Å². The van der Waals surface area contributed by atoms with Gasteiger partial charge in [-0.25, -0.2) is 4.39 Å². The molecule has 1 unspecified atom stereocenters. The number of hydrogen-bond donors (Lipinski definition) is 2. The molecular weight excluding hydrogens is 242 g/mol. The summed E-state index contributed by atoms with van der Waals surface area (Å²) in [5, 5.41) is 2.91. The normalized spacial score (nSPS) is 12.3. The minimum atomic E-state index is -0.634. The van der Waals surface area contributed by atoms with Crippen molar-refractivity contribution >= 4 is 34.8 Å². The van der Waals surface area contributed by atoms with Crippen LogP contribution >= 0.6 is 23.2 Å². The van der Waals surface area contributed by atoms with E-state index in [4.69, 9.17) is 28.9 Å². The van der Waals surface area contributed by atoms with Crippen molar-refractivity contribution in [2.75, 3.05) is 5.32 Å². The van der Waals surface area contributed by atoms with Crippen LogP contribution in [0.1, 0.15) is 6.92 Å². The molecule has 0 saturated carbocycles. The molecule has 15 heavy (non-hydrogen) atoms. The van der Waals surface area contributed by atoms with E-state index in [0.717, 1.165) is 12.1 Å². The molecule has 6 heteroatoms. The van der Waals surface area contributed by atoms with E-state index in [1.165, 1.54) is 0 Å². The summed E-state index contributed by atoms with van der Waals surface area (Å²) in [6, 6.07) is 1.57. The average molecular weight is 251 g/mol. The number of nitrogens with two attached hydrogens (primary N) is 1. The number of carbonyl (C=O) groups is 1. The zero-order chi connectivity index (χ0) is 11.6. The maximum absolute atomic E-state index is 12.8. The Morgan fingerprint density at radius 2 is 1.93 bits per heavy atom. The van der Waals surface area contributed by atoms with E-state index in [0.29, 0.717) is 5.69 Å². The number of benzene rings is 1. The topological polar surface area (TPSA) is 55.1 Å². The van der Waals surface area contributed by atoms with Crippen LogP contribution in [0.2, 0.25) is 10.0 Å². The standard InChI is InChI=1S/C9H9Cl2FN2O/c1-4(9(13)15)14-8-6(10)2-5(12)3-7(8)11/h2-4,14H,1H3,(H2,13,15). The molecule has 0 aromatic heterocycles. The van der Waals surface area contributed by atoms with Crippen LogP contribution in [-0.2, 0) is 4.79 Å². The fourth-order valence-electron chi connectivity index (χ4n) is 0.968. The van der Waals surface area contributed by atoms with Crippen LogP contribution in [0.4, 0.5) is 10.1 Å². The van der Waals surface area contributed by atoms with Crippen molar-refractivity contribution in [2.24, 2.45) is 5.73 Å². The van der Waals surface area contributed by atoms with Crippen molar-refractivity contribution in [3.63, 3.8) is 0 Å². The quantitative estimate of drug-likeness (QED) is 0.866. The third kappa shape index (κ3) is 2.97. The van der Waals surface area contributed by atoms with E-state index < -0.39 is 17.8 Å². The highest BCUT2D eigenvalue weighted by atomic mass is 35.5. The first-order valence-corrected chi connectivity index (χ1v) is 4.88. The van der Waals surface area contributed by atoms with Gasteiger partial charge in [-0.15, -0.1) is 0 Å². The van der Waals surface area contributed by atoms with E-state index in [-0.39, 0.29) is 10.0 Å². The minimum Gasteiger partial charge on any atom is -0.371 e. The number of amides is 1. The van der Waals surface area contributed by atoms with Crippen molar-refractivity contribution in [1.29, 1.82) is 0 Å². The lowest BCUT2D eigenvalue weighted by Gasteiger charge is -2.14. The second-order valence-electron chi connectivity index (χ2n) is 3.01. The Hall–Kier alpha value is -1.00. The number of anilines is 1. The summed E-state index contributed by atoms with van der Waals surface area (Å²) >= 11 is 11.5.